The van der Waals surface area contributed by atoms with Crippen LogP contribution in [-0.2, 0) is 0 Å². The summed E-state index contributed by atoms with van der Waals surface area (Å²) in [4.78, 5) is 3.63. The number of halogens is 2. The van der Waals surface area contributed by atoms with Crippen LogP contribution in [0.5, 0.6) is 0 Å². The van der Waals surface area contributed by atoms with E-state index in [0.29, 0.717) is 13.1 Å². The highest BCUT2D eigenvalue weighted by Crippen LogP contribution is 2.11. The minimum atomic E-state index is -2.90. The maximum absolute atomic E-state index is 12.7. The van der Waals surface area contributed by atoms with E-state index in [2.05, 4.69) is 15.8 Å². The normalized spacial score (nSPS) is 13.2. The molecule has 5 heteroatoms. The van der Waals surface area contributed by atoms with E-state index in [9.17, 15) is 8.78 Å². The first-order chi connectivity index (χ1) is 5.52. The molecule has 0 radical (unpaired) electrons. The number of hydrogen-bond donors (Lipinski definition) is 2. The second-order valence-corrected chi connectivity index (χ2v) is 2.37. The lowest BCUT2D eigenvalue weighted by Crippen LogP contribution is -2.45. The van der Waals surface area contributed by atoms with Crippen molar-refractivity contribution in [2.75, 3.05) is 13.1 Å². The van der Waals surface area contributed by atoms with E-state index < -0.39 is 5.92 Å². The van der Waals surface area contributed by atoms with Gasteiger partial charge in [0, 0.05) is 20.0 Å². The summed E-state index contributed by atoms with van der Waals surface area (Å²) in [6, 6.07) is 0. The van der Waals surface area contributed by atoms with Gasteiger partial charge >= 0.3 is 5.92 Å². The summed E-state index contributed by atoms with van der Waals surface area (Å²) in [6.07, 6.45) is 0. The van der Waals surface area contributed by atoms with Gasteiger partial charge in [-0.3, -0.25) is 4.99 Å². The zero-order valence-electron chi connectivity index (χ0n) is 7.62. The molecule has 72 valence electrons. The Morgan fingerprint density at radius 3 is 2.33 bits per heavy atom. The van der Waals surface area contributed by atoms with E-state index in [-0.39, 0.29) is 5.84 Å². The van der Waals surface area contributed by atoms with Crippen molar-refractivity contribution in [3.63, 3.8) is 0 Å². The monoisotopic (exact) mass is 179 g/mol. The molecule has 0 bridgehead atoms. The highest BCUT2D eigenvalue weighted by molar-refractivity contribution is 5.88. The molecule has 0 aromatic heterocycles. The Morgan fingerprint density at radius 2 is 2.00 bits per heavy atom. The number of nitrogens with one attached hydrogen (secondary N) is 2. The lowest BCUT2D eigenvalue weighted by atomic mass is 10.3. The Kier molecular flexibility index (Phi) is 4.73. The molecule has 2 N–H and O–H groups in total. The zero-order chi connectivity index (χ0) is 9.61. The predicted molar refractivity (Wildman–Crippen MR) is 45.4 cm³/mol. The maximum atomic E-state index is 12.7. The van der Waals surface area contributed by atoms with Crippen molar-refractivity contribution in [3.05, 3.63) is 0 Å². The molecule has 0 rings (SSSR count). The molecule has 0 spiro atoms. The number of nitrogens with zero attached hydrogens (tertiary/aromatic N) is 1. The summed E-state index contributed by atoms with van der Waals surface area (Å²) in [5.74, 6) is -3.22. The van der Waals surface area contributed by atoms with Crippen molar-refractivity contribution in [3.8, 4) is 0 Å². The van der Waals surface area contributed by atoms with E-state index in [0.717, 1.165) is 6.92 Å². The average Bonchev–Trinajstić information content (AvgIpc) is 1.95. The lowest BCUT2D eigenvalue weighted by molar-refractivity contribution is 0.0946. The fraction of sp³-hybridized carbons (Fsp3) is 0.857. The molecule has 0 atom stereocenters. The fourth-order valence-corrected chi connectivity index (χ4v) is 0.618. The topological polar surface area (TPSA) is 36.4 Å². The Bertz CT molecular complexity index is 151. The Hall–Kier alpha value is -0.710. The Balaban J connectivity index is 4.15. The summed E-state index contributed by atoms with van der Waals surface area (Å²) < 4.78 is 25.3. The molecular weight excluding hydrogens is 164 g/mol. The van der Waals surface area contributed by atoms with Crippen LogP contribution in [0.25, 0.3) is 0 Å². The summed E-state index contributed by atoms with van der Waals surface area (Å²) in [6.45, 7) is 5.24. The molecule has 0 unspecified atom stereocenters. The molecule has 0 aromatic rings. The van der Waals surface area contributed by atoms with Gasteiger partial charge in [0.05, 0.1) is 0 Å². The van der Waals surface area contributed by atoms with Gasteiger partial charge < -0.3 is 5.43 Å². The predicted octanol–water partition coefficient (Wildman–Crippen LogP) is 1.17. The molecule has 0 aliphatic heterocycles. The molecule has 0 aromatic carbocycles. The number of hydrazine groups is 1. The van der Waals surface area contributed by atoms with Crippen LogP contribution in [0.15, 0.2) is 4.99 Å². The summed E-state index contributed by atoms with van der Waals surface area (Å²) >= 11 is 0. The second kappa shape index (κ2) is 5.03. The van der Waals surface area contributed by atoms with Crippen molar-refractivity contribution >= 4 is 5.84 Å². The van der Waals surface area contributed by atoms with Crippen molar-refractivity contribution in [1.29, 1.82) is 0 Å². The quantitative estimate of drug-likeness (QED) is 0.386. The van der Waals surface area contributed by atoms with Gasteiger partial charge in [-0.15, -0.1) is 0 Å². The molecule has 0 saturated heterocycles. The van der Waals surface area contributed by atoms with Crippen LogP contribution < -0.4 is 10.9 Å². The van der Waals surface area contributed by atoms with Crippen LogP contribution in [0.3, 0.4) is 0 Å². The van der Waals surface area contributed by atoms with Crippen LogP contribution >= 0.6 is 0 Å². The zero-order valence-corrected chi connectivity index (χ0v) is 7.62. The minimum absolute atomic E-state index is 0.313. The number of hydrogen-bond acceptors (Lipinski definition) is 2. The number of alkyl halides is 2. The lowest BCUT2D eigenvalue weighted by Gasteiger charge is -2.15. The Morgan fingerprint density at radius 1 is 1.42 bits per heavy atom. The van der Waals surface area contributed by atoms with Gasteiger partial charge in [0.2, 0.25) is 0 Å². The first-order valence-electron chi connectivity index (χ1n) is 3.94. The van der Waals surface area contributed by atoms with Crippen molar-refractivity contribution in [2.45, 2.75) is 26.7 Å². The van der Waals surface area contributed by atoms with Crippen LogP contribution in [0, 0.1) is 0 Å². The number of rotatable bonds is 4. The van der Waals surface area contributed by atoms with Gasteiger partial charge in [-0.2, -0.15) is 8.78 Å². The largest absolute Gasteiger partial charge is 0.305 e. The van der Waals surface area contributed by atoms with Crippen LogP contribution in [0.4, 0.5) is 8.78 Å². The molecular formula is C7H15F2N3. The fourth-order valence-electron chi connectivity index (χ4n) is 0.618. The van der Waals surface area contributed by atoms with Gasteiger partial charge in [0.1, 0.15) is 0 Å². The van der Waals surface area contributed by atoms with Gasteiger partial charge in [-0.25, -0.2) is 5.43 Å². The van der Waals surface area contributed by atoms with Gasteiger partial charge in [-0.05, 0) is 6.92 Å². The summed E-state index contributed by atoms with van der Waals surface area (Å²) in [7, 11) is 0. The van der Waals surface area contributed by atoms with E-state index in [4.69, 9.17) is 0 Å². The third-order valence-electron chi connectivity index (χ3n) is 1.12. The van der Waals surface area contributed by atoms with E-state index in [1.165, 1.54) is 0 Å². The molecule has 3 nitrogen and oxygen atoms in total. The summed E-state index contributed by atoms with van der Waals surface area (Å²) in [5, 5.41) is 0. The van der Waals surface area contributed by atoms with Gasteiger partial charge in [0.25, 0.3) is 0 Å². The molecule has 0 fully saturated rings. The van der Waals surface area contributed by atoms with E-state index in [1.807, 2.05) is 6.92 Å². The molecule has 0 aliphatic rings. The first-order valence-corrected chi connectivity index (χ1v) is 3.94. The highest BCUT2D eigenvalue weighted by Gasteiger charge is 2.28. The third-order valence-corrected chi connectivity index (χ3v) is 1.12. The standard InChI is InChI=1S/C7H15F2N3/c1-4-10-6(7(3,8)9)12-11-5-2/h11H,4-5H2,1-3H3,(H,10,12). The third kappa shape index (κ3) is 4.23. The van der Waals surface area contributed by atoms with Crippen LogP contribution in [-0.4, -0.2) is 24.8 Å². The number of amidine groups is 1. The average molecular weight is 179 g/mol. The van der Waals surface area contributed by atoms with E-state index in [1.54, 1.807) is 6.92 Å². The minimum Gasteiger partial charge on any atom is -0.305 e. The van der Waals surface area contributed by atoms with Crippen molar-refractivity contribution in [1.82, 2.24) is 10.9 Å². The molecule has 0 heterocycles. The second-order valence-electron chi connectivity index (χ2n) is 2.37. The molecule has 0 amide bonds. The van der Waals surface area contributed by atoms with Crippen LogP contribution in [0.2, 0.25) is 0 Å². The van der Waals surface area contributed by atoms with E-state index >= 15 is 0 Å². The SMILES string of the molecule is CC/N=C(\NNCC)C(C)(F)F. The van der Waals surface area contributed by atoms with Crippen LogP contribution in [0.1, 0.15) is 20.8 Å². The molecule has 12 heavy (non-hydrogen) atoms. The highest BCUT2D eigenvalue weighted by atomic mass is 19.3. The number of aliphatic imine (C=N–C) groups is 1. The van der Waals surface area contributed by atoms with Crippen molar-refractivity contribution in [2.24, 2.45) is 4.99 Å². The van der Waals surface area contributed by atoms with Gasteiger partial charge in [0.15, 0.2) is 5.84 Å². The molecule has 0 saturated carbocycles. The first kappa shape index (κ1) is 11.3. The maximum Gasteiger partial charge on any atom is 0.302 e. The van der Waals surface area contributed by atoms with Gasteiger partial charge in [-0.1, -0.05) is 6.92 Å². The smallest absolute Gasteiger partial charge is 0.302 e. The summed E-state index contributed by atoms with van der Waals surface area (Å²) in [5.41, 5.74) is 4.94. The Labute approximate surface area is 71.2 Å². The molecule has 0 aliphatic carbocycles. The van der Waals surface area contributed by atoms with Crippen molar-refractivity contribution < 1.29 is 8.78 Å².